The number of aryl methyl sites for hydroxylation is 2. The normalized spacial score (nSPS) is 18.1. The van der Waals surface area contributed by atoms with Gasteiger partial charge in [0.2, 0.25) is 0 Å². The third-order valence-corrected chi connectivity index (χ3v) is 5.06. The Morgan fingerprint density at radius 3 is 2.76 bits per heavy atom. The van der Waals surface area contributed by atoms with Crippen molar-refractivity contribution in [2.75, 3.05) is 13.1 Å². The van der Waals surface area contributed by atoms with E-state index in [9.17, 15) is 0 Å². The van der Waals surface area contributed by atoms with Crippen molar-refractivity contribution < 1.29 is 0 Å². The first kappa shape index (κ1) is 16.1. The molecule has 0 radical (unpaired) electrons. The molecule has 130 valence electrons. The number of H-pyrrole nitrogens is 1. The molecule has 0 spiro atoms. The Kier molecular flexibility index (Phi) is 4.40. The van der Waals surface area contributed by atoms with Crippen molar-refractivity contribution in [2.24, 2.45) is 0 Å². The van der Waals surface area contributed by atoms with Crippen LogP contribution in [0.3, 0.4) is 0 Å². The summed E-state index contributed by atoms with van der Waals surface area (Å²) in [6, 6.07) is 12.9. The van der Waals surface area contributed by atoms with Gasteiger partial charge in [0.15, 0.2) is 0 Å². The van der Waals surface area contributed by atoms with Crippen LogP contribution in [-0.2, 0) is 6.54 Å². The lowest BCUT2D eigenvalue weighted by molar-refractivity contribution is 0.235. The van der Waals surface area contributed by atoms with Gasteiger partial charge in [-0.05, 0) is 44.9 Å². The summed E-state index contributed by atoms with van der Waals surface area (Å²) in [5, 5.41) is 4.58. The summed E-state index contributed by atoms with van der Waals surface area (Å²) in [4.78, 5) is 10.8. The van der Waals surface area contributed by atoms with Crippen molar-refractivity contribution >= 4 is 0 Å². The molecule has 0 aliphatic carbocycles. The van der Waals surface area contributed by atoms with E-state index in [1.165, 1.54) is 24.1 Å². The number of hydrogen-bond donors (Lipinski definition) is 1. The molecule has 1 unspecified atom stereocenters. The molecule has 3 heterocycles. The van der Waals surface area contributed by atoms with Crippen molar-refractivity contribution in [2.45, 2.75) is 39.3 Å². The number of hydrogen-bond acceptors (Lipinski definition) is 3. The first-order valence-corrected chi connectivity index (χ1v) is 9.06. The second-order valence-electron chi connectivity index (χ2n) is 6.89. The van der Waals surface area contributed by atoms with E-state index in [4.69, 9.17) is 0 Å². The van der Waals surface area contributed by atoms with E-state index in [0.29, 0.717) is 6.04 Å². The number of likely N-dealkylation sites (tertiary alicyclic amines) is 1. The molecule has 0 bridgehead atoms. The van der Waals surface area contributed by atoms with E-state index in [-0.39, 0.29) is 0 Å². The summed E-state index contributed by atoms with van der Waals surface area (Å²) in [5.41, 5.74) is 4.61. The molecular formula is C20H25N5. The van der Waals surface area contributed by atoms with Crippen LogP contribution in [0.5, 0.6) is 0 Å². The zero-order valence-corrected chi connectivity index (χ0v) is 14.9. The lowest BCUT2D eigenvalue weighted by Crippen LogP contribution is -2.28. The van der Waals surface area contributed by atoms with Gasteiger partial charge >= 0.3 is 0 Å². The first-order valence-electron chi connectivity index (χ1n) is 9.06. The topological polar surface area (TPSA) is 49.7 Å². The predicted molar refractivity (Wildman–Crippen MR) is 99.3 cm³/mol. The summed E-state index contributed by atoms with van der Waals surface area (Å²) in [6.07, 6.45) is 4.35. The van der Waals surface area contributed by atoms with Crippen molar-refractivity contribution in [3.63, 3.8) is 0 Å². The van der Waals surface area contributed by atoms with Crippen molar-refractivity contribution in [3.8, 4) is 11.3 Å². The van der Waals surface area contributed by atoms with Gasteiger partial charge in [0.25, 0.3) is 0 Å². The molecule has 1 fully saturated rings. The molecular weight excluding hydrogens is 310 g/mol. The number of imidazole rings is 1. The maximum Gasteiger partial charge on any atom is 0.123 e. The maximum absolute atomic E-state index is 4.68. The maximum atomic E-state index is 4.68. The molecule has 2 aromatic heterocycles. The third kappa shape index (κ3) is 3.37. The molecule has 5 heteroatoms. The summed E-state index contributed by atoms with van der Waals surface area (Å²) in [5.74, 6) is 1.09. The van der Waals surface area contributed by atoms with Gasteiger partial charge in [0.1, 0.15) is 5.82 Å². The Bertz CT molecular complexity index is 833. The number of aromatic amines is 1. The fraction of sp³-hybridized carbons (Fsp3) is 0.400. The Morgan fingerprint density at radius 2 is 2.00 bits per heavy atom. The lowest BCUT2D eigenvalue weighted by atomic mass is 10.2. The van der Waals surface area contributed by atoms with E-state index in [0.717, 1.165) is 36.8 Å². The summed E-state index contributed by atoms with van der Waals surface area (Å²) >= 11 is 0. The lowest BCUT2D eigenvalue weighted by Gasteiger charge is -2.23. The minimum atomic E-state index is 0.384. The highest BCUT2D eigenvalue weighted by atomic mass is 15.3. The van der Waals surface area contributed by atoms with Crippen molar-refractivity contribution in [1.82, 2.24) is 24.6 Å². The van der Waals surface area contributed by atoms with Crippen LogP contribution in [0.25, 0.3) is 11.3 Å². The minimum Gasteiger partial charge on any atom is -0.341 e. The predicted octanol–water partition coefficient (Wildman–Crippen LogP) is 3.73. The number of nitrogens with zero attached hydrogens (tertiary/aromatic N) is 4. The SMILES string of the molecule is Cc1cc(C)n(CCN2CCCC2c2ncc(-c3ccccc3)[nH]2)n1. The van der Waals surface area contributed by atoms with Gasteiger partial charge in [-0.15, -0.1) is 0 Å². The monoisotopic (exact) mass is 335 g/mol. The second kappa shape index (κ2) is 6.84. The van der Waals surface area contributed by atoms with Gasteiger partial charge in [0.05, 0.1) is 30.2 Å². The van der Waals surface area contributed by atoms with Crippen molar-refractivity contribution in [1.29, 1.82) is 0 Å². The number of benzene rings is 1. The molecule has 1 aromatic carbocycles. The smallest absolute Gasteiger partial charge is 0.123 e. The zero-order chi connectivity index (χ0) is 17.2. The highest BCUT2D eigenvalue weighted by Gasteiger charge is 2.28. The largest absolute Gasteiger partial charge is 0.341 e. The highest BCUT2D eigenvalue weighted by Crippen LogP contribution is 2.31. The fourth-order valence-electron chi connectivity index (χ4n) is 3.80. The van der Waals surface area contributed by atoms with Gasteiger partial charge in [0, 0.05) is 12.2 Å². The van der Waals surface area contributed by atoms with Crippen LogP contribution >= 0.6 is 0 Å². The molecule has 1 saturated heterocycles. The molecule has 0 saturated carbocycles. The fourth-order valence-corrected chi connectivity index (χ4v) is 3.80. The van der Waals surface area contributed by atoms with E-state index in [2.05, 4.69) is 68.8 Å². The van der Waals surface area contributed by atoms with E-state index < -0.39 is 0 Å². The number of rotatable bonds is 5. The first-order chi connectivity index (χ1) is 12.2. The van der Waals surface area contributed by atoms with Gasteiger partial charge in [-0.1, -0.05) is 30.3 Å². The van der Waals surface area contributed by atoms with Crippen molar-refractivity contribution in [3.05, 3.63) is 59.8 Å². The van der Waals surface area contributed by atoms with Crippen LogP contribution < -0.4 is 0 Å². The Morgan fingerprint density at radius 1 is 1.16 bits per heavy atom. The Labute approximate surface area is 148 Å². The molecule has 1 N–H and O–H groups in total. The average molecular weight is 335 g/mol. The molecule has 1 atom stereocenters. The quantitative estimate of drug-likeness (QED) is 0.773. The van der Waals surface area contributed by atoms with Crippen LogP contribution in [0.2, 0.25) is 0 Å². The van der Waals surface area contributed by atoms with E-state index in [1.807, 2.05) is 12.3 Å². The standard InChI is InChI=1S/C20H25N5/c1-15-13-16(2)25(23-15)12-11-24-10-6-9-19(24)20-21-14-18(22-20)17-7-4-3-5-8-17/h3-5,7-8,13-14,19H,6,9-12H2,1-2H3,(H,21,22). The third-order valence-electron chi connectivity index (χ3n) is 5.06. The van der Waals surface area contributed by atoms with Crippen LogP contribution in [0.4, 0.5) is 0 Å². The number of nitrogens with one attached hydrogen (secondary N) is 1. The van der Waals surface area contributed by atoms with Crippen LogP contribution in [0.15, 0.2) is 42.6 Å². The Hall–Kier alpha value is -2.40. The van der Waals surface area contributed by atoms with Gasteiger partial charge in [-0.2, -0.15) is 5.10 Å². The van der Waals surface area contributed by atoms with Crippen LogP contribution in [0.1, 0.15) is 36.1 Å². The minimum absolute atomic E-state index is 0.384. The van der Waals surface area contributed by atoms with E-state index >= 15 is 0 Å². The average Bonchev–Trinajstić information content (AvgIpc) is 3.33. The second-order valence-corrected chi connectivity index (χ2v) is 6.89. The van der Waals surface area contributed by atoms with Gasteiger partial charge in [-0.25, -0.2) is 4.98 Å². The molecule has 0 amide bonds. The molecule has 1 aliphatic heterocycles. The van der Waals surface area contributed by atoms with E-state index in [1.54, 1.807) is 0 Å². The number of aromatic nitrogens is 4. The molecule has 1 aliphatic rings. The molecule has 5 nitrogen and oxygen atoms in total. The zero-order valence-electron chi connectivity index (χ0n) is 14.9. The molecule has 25 heavy (non-hydrogen) atoms. The van der Waals surface area contributed by atoms with Gasteiger partial charge in [-0.3, -0.25) is 9.58 Å². The summed E-state index contributed by atoms with van der Waals surface area (Å²) in [7, 11) is 0. The highest BCUT2D eigenvalue weighted by molar-refractivity contribution is 5.58. The van der Waals surface area contributed by atoms with Crippen LogP contribution in [-0.4, -0.2) is 37.7 Å². The Balaban J connectivity index is 1.46. The van der Waals surface area contributed by atoms with Gasteiger partial charge < -0.3 is 4.98 Å². The summed E-state index contributed by atoms with van der Waals surface area (Å²) in [6.45, 7) is 7.25. The molecule has 4 rings (SSSR count). The molecule has 3 aromatic rings. The summed E-state index contributed by atoms with van der Waals surface area (Å²) < 4.78 is 2.11. The van der Waals surface area contributed by atoms with Crippen LogP contribution in [0, 0.1) is 13.8 Å².